The first kappa shape index (κ1) is 22.7. The highest BCUT2D eigenvalue weighted by atomic mass is 16.7. The molecule has 0 aliphatic carbocycles. The van der Waals surface area contributed by atoms with Gasteiger partial charge in [-0.1, -0.05) is 65.8 Å². The minimum absolute atomic E-state index is 0.135. The van der Waals surface area contributed by atoms with Gasteiger partial charge in [0.05, 0.1) is 6.61 Å². The Kier molecular flexibility index (Phi) is 6.29. The summed E-state index contributed by atoms with van der Waals surface area (Å²) in [6.07, 6.45) is -1.09. The van der Waals surface area contributed by atoms with Gasteiger partial charge in [-0.25, -0.2) is 14.8 Å². The minimum atomic E-state index is -1.26. The Morgan fingerprint density at radius 3 is 2.36 bits per heavy atom. The molecule has 1 fully saturated rings. The quantitative estimate of drug-likeness (QED) is 0.498. The number of rotatable bonds is 6. The third kappa shape index (κ3) is 4.39. The van der Waals surface area contributed by atoms with E-state index in [1.165, 1.54) is 0 Å². The Balaban J connectivity index is 1.71. The van der Waals surface area contributed by atoms with Crippen molar-refractivity contribution < 1.29 is 24.0 Å². The highest BCUT2D eigenvalue weighted by Gasteiger charge is 2.54. The lowest BCUT2D eigenvalue weighted by Crippen LogP contribution is -2.54. The van der Waals surface area contributed by atoms with Crippen molar-refractivity contribution >= 4 is 23.5 Å². The molecule has 2 aromatic carbocycles. The normalized spacial score (nSPS) is 22.1. The fraction of sp³-hybridized carbons (Fsp3) is 0.360. The molecule has 2 amide bonds. The van der Waals surface area contributed by atoms with Crippen LogP contribution in [0.4, 0.5) is 0 Å². The van der Waals surface area contributed by atoms with Crippen LogP contribution in [0.15, 0.2) is 65.8 Å². The average molecular weight is 450 g/mol. The maximum Gasteiger partial charge on any atom is 0.351 e. The molecule has 33 heavy (non-hydrogen) atoms. The number of hydrogen-bond acceptors (Lipinski definition) is 7. The molecule has 2 atom stereocenters. The number of carbonyl (C=O) groups is 3. The number of benzene rings is 2. The molecular formula is C25H27N3O5. The first-order chi connectivity index (χ1) is 15.8. The molecule has 2 aliphatic heterocycles. The highest BCUT2D eigenvalue weighted by Crippen LogP contribution is 2.35. The predicted molar refractivity (Wildman–Crippen MR) is 121 cm³/mol. The lowest BCUT2D eigenvalue weighted by molar-refractivity contribution is -0.171. The van der Waals surface area contributed by atoms with Gasteiger partial charge >= 0.3 is 5.97 Å². The Morgan fingerprint density at radius 2 is 1.73 bits per heavy atom. The first-order valence-corrected chi connectivity index (χ1v) is 11.0. The molecule has 0 saturated carbocycles. The number of hydrogen-bond donors (Lipinski definition) is 0. The summed E-state index contributed by atoms with van der Waals surface area (Å²) in [5, 5.41) is 7.00. The molecule has 1 saturated heterocycles. The van der Waals surface area contributed by atoms with Crippen molar-refractivity contribution in [1.29, 1.82) is 0 Å². The van der Waals surface area contributed by atoms with E-state index < -0.39 is 29.4 Å². The number of oxime groups is 1. The Hall–Kier alpha value is -3.52. The summed E-state index contributed by atoms with van der Waals surface area (Å²) in [7, 11) is 0. The fourth-order valence-corrected chi connectivity index (χ4v) is 4.22. The van der Waals surface area contributed by atoms with Crippen LogP contribution in [-0.4, -0.2) is 51.8 Å². The molecule has 2 aliphatic rings. The number of ether oxygens (including phenoxy) is 1. The topological polar surface area (TPSA) is 88.5 Å². The van der Waals surface area contributed by atoms with E-state index in [9.17, 15) is 14.4 Å². The van der Waals surface area contributed by atoms with Crippen LogP contribution in [0.1, 0.15) is 38.3 Å². The van der Waals surface area contributed by atoms with E-state index in [-0.39, 0.29) is 18.9 Å². The van der Waals surface area contributed by atoms with Gasteiger partial charge in [0.2, 0.25) is 12.0 Å². The number of carbonyl (C=O) groups excluding carboxylic acids is 3. The summed E-state index contributed by atoms with van der Waals surface area (Å²) in [5.74, 6) is -2.68. The maximum absolute atomic E-state index is 13.9. The molecular weight excluding hydrogens is 422 g/mol. The van der Waals surface area contributed by atoms with E-state index in [1.807, 2.05) is 62.4 Å². The van der Waals surface area contributed by atoms with Crippen LogP contribution >= 0.6 is 0 Å². The molecule has 2 heterocycles. The smallest absolute Gasteiger partial charge is 0.351 e. The fourth-order valence-electron chi connectivity index (χ4n) is 4.22. The Morgan fingerprint density at radius 1 is 1.09 bits per heavy atom. The van der Waals surface area contributed by atoms with Gasteiger partial charge in [0, 0.05) is 24.1 Å². The average Bonchev–Trinajstić information content (AvgIpc) is 3.33. The molecule has 0 spiro atoms. The molecule has 0 bridgehead atoms. The Labute approximate surface area is 192 Å². The molecule has 172 valence electrons. The molecule has 0 radical (unpaired) electrons. The van der Waals surface area contributed by atoms with Gasteiger partial charge in [0.1, 0.15) is 11.6 Å². The van der Waals surface area contributed by atoms with Gasteiger partial charge in [-0.3, -0.25) is 9.59 Å². The van der Waals surface area contributed by atoms with Crippen molar-refractivity contribution in [3.05, 3.63) is 71.8 Å². The molecule has 0 unspecified atom stereocenters. The van der Waals surface area contributed by atoms with Gasteiger partial charge in [-0.15, -0.1) is 0 Å². The van der Waals surface area contributed by atoms with Gasteiger partial charge in [0.25, 0.3) is 5.91 Å². The summed E-state index contributed by atoms with van der Waals surface area (Å²) in [4.78, 5) is 45.1. The summed E-state index contributed by atoms with van der Waals surface area (Å²) < 4.78 is 5.14. The van der Waals surface area contributed by atoms with Crippen molar-refractivity contribution in [2.45, 2.75) is 45.4 Å². The van der Waals surface area contributed by atoms with Crippen LogP contribution in [0.2, 0.25) is 0 Å². The zero-order valence-corrected chi connectivity index (χ0v) is 18.9. The monoisotopic (exact) mass is 449 g/mol. The standard InChI is InChI=1S/C25H27N3O5/c1-4-32-24(31)22-20(21(26-33-22)18-13-9-6-10-14-18)23(30)28-19(29)15-25(2,3)27(28)16-17-11-7-5-8-12-17/h5-14,20,22H,4,15-16H2,1-3H3/t20-,22-/m1/s1. The van der Waals surface area contributed by atoms with E-state index in [1.54, 1.807) is 24.1 Å². The van der Waals surface area contributed by atoms with Crippen molar-refractivity contribution in [1.82, 2.24) is 10.0 Å². The van der Waals surface area contributed by atoms with E-state index in [2.05, 4.69) is 5.16 Å². The van der Waals surface area contributed by atoms with Crippen LogP contribution in [0.5, 0.6) is 0 Å². The summed E-state index contributed by atoms with van der Waals surface area (Å²) in [5.41, 5.74) is 1.31. The van der Waals surface area contributed by atoms with Gasteiger partial charge in [0.15, 0.2) is 0 Å². The second-order valence-electron chi connectivity index (χ2n) is 8.67. The van der Waals surface area contributed by atoms with Crippen LogP contribution in [0.3, 0.4) is 0 Å². The van der Waals surface area contributed by atoms with Crippen molar-refractivity contribution in [3.8, 4) is 0 Å². The van der Waals surface area contributed by atoms with Crippen LogP contribution in [0.25, 0.3) is 0 Å². The van der Waals surface area contributed by atoms with Crippen LogP contribution in [-0.2, 0) is 30.5 Å². The minimum Gasteiger partial charge on any atom is -0.463 e. The number of nitrogens with zero attached hydrogens (tertiary/aromatic N) is 3. The molecule has 2 aromatic rings. The molecule has 0 aromatic heterocycles. The molecule has 8 heteroatoms. The van der Waals surface area contributed by atoms with E-state index in [4.69, 9.17) is 9.57 Å². The Bertz CT molecular complexity index is 1070. The molecule has 4 rings (SSSR count). The van der Waals surface area contributed by atoms with Gasteiger partial charge in [-0.2, -0.15) is 0 Å². The maximum atomic E-state index is 13.9. The number of amides is 2. The second kappa shape index (κ2) is 9.15. The predicted octanol–water partition coefficient (Wildman–Crippen LogP) is 2.92. The number of imide groups is 1. The van der Waals surface area contributed by atoms with Crippen molar-refractivity contribution in [2.24, 2.45) is 11.1 Å². The second-order valence-corrected chi connectivity index (χ2v) is 8.67. The summed E-state index contributed by atoms with van der Waals surface area (Å²) >= 11 is 0. The summed E-state index contributed by atoms with van der Waals surface area (Å²) in [6, 6.07) is 18.6. The van der Waals surface area contributed by atoms with Crippen LogP contribution < -0.4 is 0 Å². The summed E-state index contributed by atoms with van der Waals surface area (Å²) in [6.45, 7) is 6.01. The van der Waals surface area contributed by atoms with E-state index in [0.29, 0.717) is 17.8 Å². The SMILES string of the molecule is CCOC(=O)[C@@H]1ON=C(c2ccccc2)[C@H]1C(=O)N1C(=O)CC(C)(C)N1Cc1ccccc1. The third-order valence-electron chi connectivity index (χ3n) is 5.86. The van der Waals surface area contributed by atoms with Crippen molar-refractivity contribution in [3.63, 3.8) is 0 Å². The lowest BCUT2D eigenvalue weighted by Gasteiger charge is -2.36. The lowest BCUT2D eigenvalue weighted by atomic mass is 9.91. The number of hydrazine groups is 1. The van der Waals surface area contributed by atoms with Crippen LogP contribution in [0, 0.1) is 5.92 Å². The zero-order valence-electron chi connectivity index (χ0n) is 18.9. The zero-order chi connectivity index (χ0) is 23.6. The molecule has 0 N–H and O–H groups in total. The highest BCUT2D eigenvalue weighted by molar-refractivity contribution is 6.18. The number of esters is 1. The van der Waals surface area contributed by atoms with Crippen molar-refractivity contribution in [2.75, 3.05) is 6.61 Å². The van der Waals surface area contributed by atoms with E-state index >= 15 is 0 Å². The molecule has 8 nitrogen and oxygen atoms in total. The van der Waals surface area contributed by atoms with Gasteiger partial charge in [-0.05, 0) is 26.3 Å². The first-order valence-electron chi connectivity index (χ1n) is 11.0. The van der Waals surface area contributed by atoms with Gasteiger partial charge < -0.3 is 9.57 Å². The largest absolute Gasteiger partial charge is 0.463 e. The van der Waals surface area contributed by atoms with E-state index in [0.717, 1.165) is 10.6 Å². The third-order valence-corrected chi connectivity index (χ3v) is 5.86.